The van der Waals surface area contributed by atoms with Crippen LogP contribution in [-0.2, 0) is 32.0 Å². The van der Waals surface area contributed by atoms with Crippen molar-refractivity contribution >= 4 is 17.8 Å². The van der Waals surface area contributed by atoms with Crippen molar-refractivity contribution in [3.05, 3.63) is 70.5 Å². The highest BCUT2D eigenvalue weighted by molar-refractivity contribution is 5.90. The summed E-state index contributed by atoms with van der Waals surface area (Å²) in [5.74, 6) is -1.88. The number of hydrogen-bond acceptors (Lipinski definition) is 4. The van der Waals surface area contributed by atoms with Gasteiger partial charge in [0, 0.05) is 19.8 Å². The van der Waals surface area contributed by atoms with E-state index in [9.17, 15) is 18.8 Å². The SMILES string of the molecule is COC(=O)[C@H](Cc1ccc(C)c(C)c1)NC(=O)[C@@H](Cc1ccc(F)cc1)NC(C)=O. The Kier molecular flexibility index (Phi) is 8.09. The average Bonchev–Trinajstić information content (AvgIpc) is 2.70. The lowest BCUT2D eigenvalue weighted by molar-refractivity contribution is -0.145. The predicted octanol–water partition coefficient (Wildman–Crippen LogP) is 2.39. The van der Waals surface area contributed by atoms with Gasteiger partial charge in [-0.05, 0) is 48.2 Å². The topological polar surface area (TPSA) is 84.5 Å². The minimum absolute atomic E-state index is 0.156. The molecule has 0 aliphatic carbocycles. The molecular formula is C23H27FN2O4. The van der Waals surface area contributed by atoms with Crippen LogP contribution in [0.5, 0.6) is 0 Å². The fourth-order valence-corrected chi connectivity index (χ4v) is 3.08. The summed E-state index contributed by atoms with van der Waals surface area (Å²) in [7, 11) is 1.26. The highest BCUT2D eigenvalue weighted by Gasteiger charge is 2.27. The van der Waals surface area contributed by atoms with Crippen LogP contribution in [0, 0.1) is 19.7 Å². The Balaban J connectivity index is 2.18. The van der Waals surface area contributed by atoms with E-state index in [0.717, 1.165) is 16.7 Å². The standard InChI is InChI=1S/C23H27FN2O4/c1-14-5-6-18(11-15(14)2)13-21(23(29)30-4)26-22(28)20(25-16(3)27)12-17-7-9-19(24)10-8-17/h5-11,20-21H,12-13H2,1-4H3,(H,25,27)(H,26,28)/t20-,21+/m1/s1. The van der Waals surface area contributed by atoms with Crippen molar-refractivity contribution in [2.45, 2.75) is 45.7 Å². The molecule has 6 nitrogen and oxygen atoms in total. The Morgan fingerprint density at radius 1 is 0.900 bits per heavy atom. The van der Waals surface area contributed by atoms with E-state index in [1.165, 1.54) is 26.2 Å². The highest BCUT2D eigenvalue weighted by Crippen LogP contribution is 2.13. The van der Waals surface area contributed by atoms with Crippen LogP contribution in [0.3, 0.4) is 0 Å². The molecule has 0 radical (unpaired) electrons. The number of aryl methyl sites for hydroxylation is 2. The van der Waals surface area contributed by atoms with Gasteiger partial charge < -0.3 is 15.4 Å². The minimum atomic E-state index is -0.917. The van der Waals surface area contributed by atoms with E-state index in [1.807, 2.05) is 32.0 Å². The van der Waals surface area contributed by atoms with Gasteiger partial charge in [0.25, 0.3) is 0 Å². The van der Waals surface area contributed by atoms with E-state index in [0.29, 0.717) is 5.56 Å². The molecule has 0 heterocycles. The second-order valence-electron chi connectivity index (χ2n) is 7.29. The van der Waals surface area contributed by atoms with Crippen molar-refractivity contribution in [1.82, 2.24) is 10.6 Å². The predicted molar refractivity (Wildman–Crippen MR) is 111 cm³/mol. The fraction of sp³-hybridized carbons (Fsp3) is 0.348. The quantitative estimate of drug-likeness (QED) is 0.650. The van der Waals surface area contributed by atoms with Crippen LogP contribution in [0.15, 0.2) is 42.5 Å². The molecule has 0 saturated heterocycles. The second kappa shape index (κ2) is 10.5. The number of carbonyl (C=O) groups excluding carboxylic acids is 3. The molecule has 0 fully saturated rings. The Hall–Kier alpha value is -3.22. The van der Waals surface area contributed by atoms with Crippen LogP contribution in [0.1, 0.15) is 29.2 Å². The molecule has 0 spiro atoms. The number of hydrogen-bond donors (Lipinski definition) is 2. The number of benzene rings is 2. The summed E-state index contributed by atoms with van der Waals surface area (Å²) >= 11 is 0. The molecule has 0 bridgehead atoms. The van der Waals surface area contributed by atoms with Gasteiger partial charge in [-0.25, -0.2) is 9.18 Å². The summed E-state index contributed by atoms with van der Waals surface area (Å²) in [6.45, 7) is 5.27. The largest absolute Gasteiger partial charge is 0.467 e. The summed E-state index contributed by atoms with van der Waals surface area (Å²) in [6.07, 6.45) is 0.409. The van der Waals surface area contributed by atoms with Gasteiger partial charge in [-0.1, -0.05) is 30.3 Å². The van der Waals surface area contributed by atoms with Gasteiger partial charge in [0.05, 0.1) is 7.11 Å². The number of carbonyl (C=O) groups is 3. The van der Waals surface area contributed by atoms with Crippen molar-refractivity contribution in [2.75, 3.05) is 7.11 Å². The third-order valence-electron chi connectivity index (χ3n) is 4.86. The van der Waals surface area contributed by atoms with Crippen molar-refractivity contribution < 1.29 is 23.5 Å². The summed E-state index contributed by atoms with van der Waals surface area (Å²) in [5, 5.41) is 5.27. The molecule has 0 aromatic heterocycles. The van der Waals surface area contributed by atoms with Crippen LogP contribution in [0.4, 0.5) is 4.39 Å². The molecule has 0 unspecified atom stereocenters. The smallest absolute Gasteiger partial charge is 0.328 e. The van der Waals surface area contributed by atoms with E-state index in [2.05, 4.69) is 10.6 Å². The number of esters is 1. The van der Waals surface area contributed by atoms with Crippen LogP contribution >= 0.6 is 0 Å². The van der Waals surface area contributed by atoms with Gasteiger partial charge in [-0.3, -0.25) is 9.59 Å². The molecule has 0 aliphatic heterocycles. The maximum absolute atomic E-state index is 13.2. The van der Waals surface area contributed by atoms with Crippen molar-refractivity contribution in [3.63, 3.8) is 0 Å². The second-order valence-corrected chi connectivity index (χ2v) is 7.29. The molecule has 0 saturated carbocycles. The van der Waals surface area contributed by atoms with Crippen LogP contribution in [-0.4, -0.2) is 37.0 Å². The molecule has 2 rings (SSSR count). The van der Waals surface area contributed by atoms with E-state index < -0.39 is 29.8 Å². The van der Waals surface area contributed by atoms with Crippen molar-refractivity contribution in [3.8, 4) is 0 Å². The monoisotopic (exact) mass is 414 g/mol. The minimum Gasteiger partial charge on any atom is -0.467 e. The Labute approximate surface area is 175 Å². The number of methoxy groups -OCH3 is 1. The first kappa shape index (κ1) is 23.1. The van der Waals surface area contributed by atoms with Crippen LogP contribution < -0.4 is 10.6 Å². The first-order valence-electron chi connectivity index (χ1n) is 9.65. The first-order valence-corrected chi connectivity index (χ1v) is 9.65. The third-order valence-corrected chi connectivity index (χ3v) is 4.86. The highest BCUT2D eigenvalue weighted by atomic mass is 19.1. The first-order chi connectivity index (χ1) is 14.2. The number of halogens is 1. The lowest BCUT2D eigenvalue weighted by Gasteiger charge is -2.22. The number of nitrogens with one attached hydrogen (secondary N) is 2. The summed E-state index contributed by atoms with van der Waals surface area (Å²) < 4.78 is 18.0. The third kappa shape index (κ3) is 6.69. The van der Waals surface area contributed by atoms with Gasteiger partial charge in [-0.2, -0.15) is 0 Å². The molecule has 2 aromatic carbocycles. The molecule has 7 heteroatoms. The zero-order valence-corrected chi connectivity index (χ0v) is 17.6. The number of ether oxygens (including phenoxy) is 1. The molecule has 30 heavy (non-hydrogen) atoms. The van der Waals surface area contributed by atoms with E-state index in [4.69, 9.17) is 4.74 Å². The fourth-order valence-electron chi connectivity index (χ4n) is 3.08. The average molecular weight is 414 g/mol. The molecule has 0 aliphatic rings. The van der Waals surface area contributed by atoms with Crippen molar-refractivity contribution in [2.24, 2.45) is 0 Å². The zero-order chi connectivity index (χ0) is 22.3. The molecule has 2 N–H and O–H groups in total. The van der Waals surface area contributed by atoms with Crippen LogP contribution in [0.25, 0.3) is 0 Å². The van der Waals surface area contributed by atoms with Gasteiger partial charge in [-0.15, -0.1) is 0 Å². The normalized spacial score (nSPS) is 12.6. The summed E-state index contributed by atoms with van der Waals surface area (Å²) in [5.41, 5.74) is 3.76. The van der Waals surface area contributed by atoms with Gasteiger partial charge in [0.1, 0.15) is 17.9 Å². The van der Waals surface area contributed by atoms with Gasteiger partial charge in [0.15, 0.2) is 0 Å². The van der Waals surface area contributed by atoms with Crippen LogP contribution in [0.2, 0.25) is 0 Å². The number of amides is 2. The van der Waals surface area contributed by atoms with E-state index >= 15 is 0 Å². The Morgan fingerprint density at radius 3 is 2.07 bits per heavy atom. The number of rotatable bonds is 8. The Bertz CT molecular complexity index is 912. The van der Waals surface area contributed by atoms with Crippen molar-refractivity contribution in [1.29, 1.82) is 0 Å². The van der Waals surface area contributed by atoms with Gasteiger partial charge >= 0.3 is 5.97 Å². The Morgan fingerprint density at radius 2 is 1.50 bits per heavy atom. The maximum atomic E-state index is 13.2. The van der Waals surface area contributed by atoms with Gasteiger partial charge in [0.2, 0.25) is 11.8 Å². The molecule has 2 atom stereocenters. The lowest BCUT2D eigenvalue weighted by Crippen LogP contribution is -2.53. The molecular weight excluding hydrogens is 387 g/mol. The summed E-state index contributed by atoms with van der Waals surface area (Å²) in [6, 6.07) is 9.65. The molecule has 160 valence electrons. The molecule has 2 aromatic rings. The summed E-state index contributed by atoms with van der Waals surface area (Å²) in [4.78, 5) is 36.8. The maximum Gasteiger partial charge on any atom is 0.328 e. The molecule has 2 amide bonds. The lowest BCUT2D eigenvalue weighted by atomic mass is 10.00. The van der Waals surface area contributed by atoms with E-state index in [-0.39, 0.29) is 18.7 Å². The van der Waals surface area contributed by atoms with E-state index in [1.54, 1.807) is 12.1 Å². The zero-order valence-electron chi connectivity index (χ0n) is 17.6.